The number of cyclic esters (lactones) is 1. The van der Waals surface area contributed by atoms with Crippen LogP contribution in [0, 0.1) is 12.7 Å². The Morgan fingerprint density at radius 2 is 1.62 bits per heavy atom. The zero-order chi connectivity index (χ0) is 55.5. The molecule has 2 aromatic carbocycles. The summed E-state index contributed by atoms with van der Waals surface area (Å²) in [5.41, 5.74) is 1.33. The first-order valence-electron chi connectivity index (χ1n) is 26.8. The fourth-order valence-corrected chi connectivity index (χ4v) is 11.4. The van der Waals surface area contributed by atoms with Gasteiger partial charge in [0.2, 0.25) is 17.7 Å². The summed E-state index contributed by atoms with van der Waals surface area (Å²) in [6, 6.07) is 11.0. The topological polar surface area (TPSA) is 267 Å². The lowest BCUT2D eigenvalue weighted by Crippen LogP contribution is -2.50. The molecular weight excluding hydrogens is 1010 g/mol. The Morgan fingerprint density at radius 1 is 0.885 bits per heavy atom. The van der Waals surface area contributed by atoms with Gasteiger partial charge in [0, 0.05) is 79.8 Å². The monoisotopic (exact) mass is 1070 g/mol. The van der Waals surface area contributed by atoms with Gasteiger partial charge in [-0.3, -0.25) is 48.1 Å². The number of ketones is 3. The Hall–Kier alpha value is -7.58. The summed E-state index contributed by atoms with van der Waals surface area (Å²) < 4.78 is 28.5. The highest BCUT2D eigenvalue weighted by molar-refractivity contribution is 6.12. The van der Waals surface area contributed by atoms with Crippen LogP contribution >= 0.6 is 0 Å². The van der Waals surface area contributed by atoms with E-state index in [4.69, 9.17) is 14.5 Å². The van der Waals surface area contributed by atoms with Gasteiger partial charge in [-0.2, -0.15) is 0 Å². The summed E-state index contributed by atoms with van der Waals surface area (Å²) in [6.45, 7) is 2.82. The minimum atomic E-state index is -2.04. The number of nitrogens with one attached hydrogen (secondary N) is 3. The number of rotatable bonds is 25. The molecule has 4 N–H and O–H groups in total. The second-order valence-corrected chi connectivity index (χ2v) is 21.0. The van der Waals surface area contributed by atoms with Crippen LogP contribution in [0.4, 0.5) is 4.39 Å². The molecule has 0 radical (unpaired) electrons. The molecule has 0 saturated heterocycles. The van der Waals surface area contributed by atoms with Crippen LogP contribution in [0.15, 0.2) is 59.4 Å². The molecule has 2 aliphatic carbocycles. The van der Waals surface area contributed by atoms with Gasteiger partial charge < -0.3 is 35.1 Å². The van der Waals surface area contributed by atoms with Crippen LogP contribution in [-0.4, -0.2) is 104 Å². The number of benzene rings is 2. The van der Waals surface area contributed by atoms with Crippen molar-refractivity contribution < 1.29 is 62.1 Å². The number of hydrogen-bond acceptors (Lipinski definition) is 14. The van der Waals surface area contributed by atoms with E-state index < -0.39 is 52.2 Å². The predicted octanol–water partition coefficient (Wildman–Crippen LogP) is 4.56. The van der Waals surface area contributed by atoms with Crippen LogP contribution in [0.3, 0.4) is 0 Å². The lowest BCUT2D eigenvalue weighted by molar-refractivity contribution is -0.172. The highest BCUT2D eigenvalue weighted by atomic mass is 19.1. The number of imide groups is 1. The SMILES string of the molecule is CC[C@@]1(O)C(=O)OCc2c1cc1n(c2=O)Cc2c-1nc1cc(F)c(C)c3c1c2[C@@H](CC(=O)C1(OCNC(=O)CCC(=O)[C@H](Cc2ccccc2)NC(=O)CCC(=O)CNC(=O)CCCCCN2C(=O)C=CC2=O)CCC1)CC3. The summed E-state index contributed by atoms with van der Waals surface area (Å²) in [5, 5.41) is 20.1. The van der Waals surface area contributed by atoms with E-state index in [2.05, 4.69) is 16.0 Å². The molecule has 78 heavy (non-hydrogen) atoms. The van der Waals surface area contributed by atoms with Crippen LogP contribution in [0.25, 0.3) is 22.3 Å². The second kappa shape index (κ2) is 23.2. The van der Waals surface area contributed by atoms with Crippen molar-refractivity contribution in [2.75, 3.05) is 19.8 Å². The molecule has 0 bridgehead atoms. The van der Waals surface area contributed by atoms with Crippen molar-refractivity contribution in [3.05, 3.63) is 110 Å². The van der Waals surface area contributed by atoms with E-state index in [1.54, 1.807) is 44.2 Å². The highest BCUT2D eigenvalue weighted by Gasteiger charge is 2.48. The summed E-state index contributed by atoms with van der Waals surface area (Å²) >= 11 is 0. The van der Waals surface area contributed by atoms with Crippen molar-refractivity contribution >= 4 is 63.8 Å². The lowest BCUT2D eigenvalue weighted by Gasteiger charge is -2.41. The Kier molecular flexibility index (Phi) is 16.4. The van der Waals surface area contributed by atoms with E-state index in [-0.39, 0.29) is 131 Å². The summed E-state index contributed by atoms with van der Waals surface area (Å²) in [6.07, 6.45) is 5.99. The average molecular weight is 1070 g/mol. The van der Waals surface area contributed by atoms with Gasteiger partial charge in [-0.05, 0) is 98.9 Å². The van der Waals surface area contributed by atoms with E-state index >= 15 is 4.39 Å². The molecule has 0 spiro atoms. The molecule has 3 aliphatic heterocycles. The number of carbonyl (C=O) groups is 9. The Labute approximate surface area is 448 Å². The molecule has 1 fully saturated rings. The van der Waals surface area contributed by atoms with Crippen LogP contribution in [0.5, 0.6) is 0 Å². The number of esters is 1. The number of halogens is 1. The van der Waals surface area contributed by atoms with Crippen molar-refractivity contribution in [1.82, 2.24) is 30.4 Å². The van der Waals surface area contributed by atoms with Gasteiger partial charge in [0.25, 0.3) is 17.4 Å². The quantitative estimate of drug-likeness (QED) is 0.0270. The summed E-state index contributed by atoms with van der Waals surface area (Å²) in [5.74, 6) is -4.75. The Morgan fingerprint density at radius 3 is 2.33 bits per heavy atom. The normalized spacial score (nSPS) is 18.8. The highest BCUT2D eigenvalue weighted by Crippen LogP contribution is 2.49. The van der Waals surface area contributed by atoms with Crippen molar-refractivity contribution in [2.45, 2.75) is 153 Å². The van der Waals surface area contributed by atoms with Crippen molar-refractivity contribution in [2.24, 2.45) is 0 Å². The van der Waals surface area contributed by atoms with Gasteiger partial charge in [0.15, 0.2) is 23.0 Å². The lowest BCUT2D eigenvalue weighted by atomic mass is 9.70. The number of unbranched alkanes of at least 4 members (excludes halogenated alkanes) is 2. The molecule has 0 unspecified atom stereocenters. The van der Waals surface area contributed by atoms with Crippen molar-refractivity contribution in [3.63, 3.8) is 0 Å². The molecule has 4 aromatic rings. The maximum Gasteiger partial charge on any atom is 0.343 e. The van der Waals surface area contributed by atoms with Gasteiger partial charge in [0.1, 0.15) is 24.8 Å². The summed E-state index contributed by atoms with van der Waals surface area (Å²) in [7, 11) is 0. The van der Waals surface area contributed by atoms with Gasteiger partial charge in [-0.1, -0.05) is 43.7 Å². The van der Waals surface area contributed by atoms with E-state index in [9.17, 15) is 53.1 Å². The number of amides is 5. The zero-order valence-electron chi connectivity index (χ0n) is 43.8. The number of nitrogens with zero attached hydrogens (tertiary/aromatic N) is 3. The number of aryl methyl sites for hydroxylation is 1. The number of carbonyl (C=O) groups excluding carboxylic acids is 9. The first kappa shape index (κ1) is 55.2. The maximum absolute atomic E-state index is 15.5. The maximum atomic E-state index is 15.5. The van der Waals surface area contributed by atoms with Crippen molar-refractivity contribution in [3.8, 4) is 11.4 Å². The van der Waals surface area contributed by atoms with E-state index in [0.29, 0.717) is 79.4 Å². The minimum Gasteiger partial charge on any atom is -0.458 e. The van der Waals surface area contributed by atoms with Gasteiger partial charge in [0.05, 0.1) is 41.6 Å². The van der Waals surface area contributed by atoms with Gasteiger partial charge >= 0.3 is 5.97 Å². The first-order valence-corrected chi connectivity index (χ1v) is 26.8. The first-order chi connectivity index (χ1) is 37.4. The molecule has 2 aromatic heterocycles. The number of fused-ring (bicyclic) bond motifs is 5. The predicted molar refractivity (Wildman–Crippen MR) is 278 cm³/mol. The van der Waals surface area contributed by atoms with E-state index in [1.165, 1.54) is 22.8 Å². The largest absolute Gasteiger partial charge is 0.458 e. The fraction of sp³-hybridized carbons (Fsp3) is 0.466. The molecule has 20 heteroatoms. The van der Waals surface area contributed by atoms with Crippen LogP contribution in [-0.2, 0) is 84.2 Å². The zero-order valence-corrected chi connectivity index (χ0v) is 43.8. The molecule has 410 valence electrons. The fourth-order valence-electron chi connectivity index (χ4n) is 11.4. The number of ether oxygens (including phenoxy) is 2. The molecule has 5 aliphatic rings. The standard InChI is InChI=1S/C58H63FN6O13/c1-3-58(76)40-27-44-54-38(30-65(44)55(74)39(40)31-77-56(58)75)52-35(14-16-37-33(2)41(59)28-43(63-54)53(37)52)26-46(68)57(22-10-23-57)78-32-61-48(70)19-17-45(67)42(25-34-11-6-4-7-12-34)62-49(71)18-15-36(66)29-60-47(69)13-8-5-9-24-64-50(72)20-21-51(64)73/h4,6-7,11-12,20-21,27-28,35,42,76H,3,5,8-10,13-19,22-26,29-32H2,1-2H3,(H,60,69)(H,61,70)(H,62,71)/t35-,42+,58+/m1/s1. The van der Waals surface area contributed by atoms with E-state index in [1.807, 2.05) is 6.07 Å². The summed E-state index contributed by atoms with van der Waals surface area (Å²) in [4.78, 5) is 136. The smallest absolute Gasteiger partial charge is 0.343 e. The third-order valence-electron chi connectivity index (χ3n) is 16.1. The van der Waals surface area contributed by atoms with E-state index in [0.717, 1.165) is 27.0 Å². The molecule has 9 rings (SSSR count). The number of aliphatic hydroxyl groups is 1. The third kappa shape index (κ3) is 11.2. The van der Waals surface area contributed by atoms with Crippen molar-refractivity contribution in [1.29, 1.82) is 0 Å². The second-order valence-electron chi connectivity index (χ2n) is 21.0. The molecule has 5 heterocycles. The number of aromatic nitrogens is 2. The Bertz CT molecular complexity index is 3220. The number of pyridine rings is 2. The van der Waals surface area contributed by atoms with Crippen LogP contribution < -0.4 is 21.5 Å². The van der Waals surface area contributed by atoms with Gasteiger partial charge in [-0.15, -0.1) is 0 Å². The van der Waals surface area contributed by atoms with Crippen LogP contribution in [0.1, 0.15) is 142 Å². The third-order valence-corrected chi connectivity index (χ3v) is 16.1. The Balaban J connectivity index is 0.779. The molecule has 1 saturated carbocycles. The average Bonchev–Trinajstić information content (AvgIpc) is 4.11. The number of hydrogen-bond donors (Lipinski definition) is 4. The minimum absolute atomic E-state index is 0.0337. The van der Waals surface area contributed by atoms with Gasteiger partial charge in [-0.25, -0.2) is 14.2 Å². The molecule has 19 nitrogen and oxygen atoms in total. The molecule has 5 amide bonds. The number of Topliss-reactive ketones (excluding diaryl/α,β-unsaturated/α-hetero) is 3. The van der Waals surface area contributed by atoms with Crippen LogP contribution in [0.2, 0.25) is 0 Å². The molecular formula is C58H63FN6O13. The molecule has 3 atom stereocenters.